The van der Waals surface area contributed by atoms with E-state index in [4.69, 9.17) is 5.11 Å². The van der Waals surface area contributed by atoms with E-state index in [0.717, 1.165) is 12.8 Å². The fourth-order valence-corrected chi connectivity index (χ4v) is 1.53. The van der Waals surface area contributed by atoms with Gasteiger partial charge in [-0.05, 0) is 19.3 Å². The zero-order valence-electron chi connectivity index (χ0n) is 9.92. The summed E-state index contributed by atoms with van der Waals surface area (Å²) in [7, 11) is 0. The molecule has 90 valence electrons. The van der Waals surface area contributed by atoms with Gasteiger partial charge < -0.3 is 15.5 Å². The molecule has 4 nitrogen and oxygen atoms in total. The molecule has 0 aromatic rings. The summed E-state index contributed by atoms with van der Waals surface area (Å²) >= 11 is 0. The second-order valence-electron chi connectivity index (χ2n) is 4.05. The monoisotopic (exact) mass is 217 g/mol. The molecule has 0 rings (SSSR count). The average Bonchev–Trinajstić information content (AvgIpc) is 2.25. The van der Waals surface area contributed by atoms with E-state index < -0.39 is 12.0 Å². The molecule has 0 fully saturated rings. The summed E-state index contributed by atoms with van der Waals surface area (Å²) in [6.07, 6.45) is 2.26. The fourth-order valence-electron chi connectivity index (χ4n) is 1.53. The van der Waals surface area contributed by atoms with E-state index in [-0.39, 0.29) is 12.0 Å². The van der Waals surface area contributed by atoms with Crippen molar-refractivity contribution in [3.63, 3.8) is 0 Å². The van der Waals surface area contributed by atoms with Crippen LogP contribution in [-0.4, -0.2) is 35.4 Å². The molecule has 0 saturated heterocycles. The van der Waals surface area contributed by atoms with Crippen LogP contribution in [0.4, 0.5) is 0 Å². The van der Waals surface area contributed by atoms with E-state index in [9.17, 15) is 9.90 Å². The Morgan fingerprint density at radius 1 is 1.33 bits per heavy atom. The van der Waals surface area contributed by atoms with Gasteiger partial charge in [-0.3, -0.25) is 4.79 Å². The molecule has 1 atom stereocenters. The molecule has 0 aromatic carbocycles. The Morgan fingerprint density at radius 2 is 1.87 bits per heavy atom. The molecule has 0 saturated carbocycles. The Hall–Kier alpha value is -0.610. The molecule has 0 aromatic heterocycles. The van der Waals surface area contributed by atoms with Gasteiger partial charge in [0.15, 0.2) is 0 Å². The number of nitrogens with one attached hydrogen (secondary N) is 1. The maximum atomic E-state index is 10.8. The van der Waals surface area contributed by atoms with E-state index >= 15 is 0 Å². The summed E-state index contributed by atoms with van der Waals surface area (Å²) in [5, 5.41) is 21.2. The van der Waals surface area contributed by atoms with E-state index in [1.165, 1.54) is 0 Å². The topological polar surface area (TPSA) is 69.6 Å². The summed E-state index contributed by atoms with van der Waals surface area (Å²) in [5.41, 5.74) is -0.178. The smallest absolute Gasteiger partial charge is 0.320 e. The van der Waals surface area contributed by atoms with Gasteiger partial charge in [0.05, 0.1) is 0 Å². The molecule has 4 heteroatoms. The lowest BCUT2D eigenvalue weighted by Crippen LogP contribution is -2.44. The van der Waals surface area contributed by atoms with Gasteiger partial charge in [-0.15, -0.1) is 0 Å². The minimum Gasteiger partial charge on any atom is -0.480 e. The van der Waals surface area contributed by atoms with Crippen LogP contribution in [0, 0.1) is 5.41 Å². The summed E-state index contributed by atoms with van der Waals surface area (Å²) in [4.78, 5) is 10.8. The Morgan fingerprint density at radius 3 is 2.13 bits per heavy atom. The lowest BCUT2D eigenvalue weighted by molar-refractivity contribution is -0.139. The van der Waals surface area contributed by atoms with Crippen LogP contribution in [-0.2, 0) is 4.79 Å². The first-order chi connectivity index (χ1) is 7.05. The largest absolute Gasteiger partial charge is 0.480 e. The van der Waals surface area contributed by atoms with Gasteiger partial charge >= 0.3 is 5.97 Å². The minimum atomic E-state index is -0.823. The number of carboxylic acids is 1. The first kappa shape index (κ1) is 14.4. The lowest BCUT2D eigenvalue weighted by Gasteiger charge is -2.31. The standard InChI is InChI=1S/C11H23NO3/c1-4-9(10(14)15)12-7-11(5-2,6-3)8-13/h9,12-13H,4-8H2,1-3H3,(H,14,15). The van der Waals surface area contributed by atoms with Crippen LogP contribution in [0.5, 0.6) is 0 Å². The number of aliphatic hydroxyl groups excluding tert-OH is 1. The van der Waals surface area contributed by atoms with Crippen molar-refractivity contribution in [3.8, 4) is 0 Å². The first-order valence-corrected chi connectivity index (χ1v) is 5.62. The van der Waals surface area contributed by atoms with Crippen molar-refractivity contribution in [2.75, 3.05) is 13.2 Å². The summed E-state index contributed by atoms with van der Waals surface area (Å²) in [6.45, 7) is 6.53. The second kappa shape index (κ2) is 6.80. The molecule has 0 amide bonds. The normalized spacial score (nSPS) is 13.9. The highest BCUT2D eigenvalue weighted by Crippen LogP contribution is 2.24. The van der Waals surface area contributed by atoms with Gasteiger partial charge in [-0.25, -0.2) is 0 Å². The number of aliphatic hydroxyl groups is 1. The molecule has 0 aliphatic rings. The van der Waals surface area contributed by atoms with Crippen LogP contribution >= 0.6 is 0 Å². The van der Waals surface area contributed by atoms with E-state index in [2.05, 4.69) is 5.32 Å². The molecule has 3 N–H and O–H groups in total. The average molecular weight is 217 g/mol. The third-order valence-corrected chi connectivity index (χ3v) is 3.27. The van der Waals surface area contributed by atoms with Crippen molar-refractivity contribution >= 4 is 5.97 Å². The lowest BCUT2D eigenvalue weighted by atomic mass is 9.83. The number of carbonyl (C=O) groups is 1. The number of carboxylic acid groups (broad SMARTS) is 1. The molecule has 0 bridgehead atoms. The Balaban J connectivity index is 4.25. The molecular weight excluding hydrogens is 194 g/mol. The predicted molar refractivity (Wildman–Crippen MR) is 59.8 cm³/mol. The van der Waals surface area contributed by atoms with E-state index in [1.807, 2.05) is 20.8 Å². The van der Waals surface area contributed by atoms with Gasteiger partial charge in [0.25, 0.3) is 0 Å². The Labute approximate surface area is 91.7 Å². The zero-order valence-corrected chi connectivity index (χ0v) is 9.92. The number of hydrogen-bond acceptors (Lipinski definition) is 3. The van der Waals surface area contributed by atoms with E-state index in [1.54, 1.807) is 0 Å². The second-order valence-corrected chi connectivity index (χ2v) is 4.05. The minimum absolute atomic E-state index is 0.100. The molecule has 0 radical (unpaired) electrons. The van der Waals surface area contributed by atoms with Crippen molar-refractivity contribution in [2.45, 2.75) is 46.1 Å². The van der Waals surface area contributed by atoms with Gasteiger partial charge in [-0.1, -0.05) is 20.8 Å². The fraction of sp³-hybridized carbons (Fsp3) is 0.909. The number of hydrogen-bond donors (Lipinski definition) is 3. The van der Waals surface area contributed by atoms with Crippen molar-refractivity contribution in [1.29, 1.82) is 0 Å². The third kappa shape index (κ3) is 4.18. The highest BCUT2D eigenvalue weighted by atomic mass is 16.4. The Bertz CT molecular complexity index is 182. The molecule has 1 unspecified atom stereocenters. The molecule has 0 aliphatic heterocycles. The Kier molecular flexibility index (Phi) is 6.52. The highest BCUT2D eigenvalue weighted by Gasteiger charge is 2.27. The van der Waals surface area contributed by atoms with Crippen LogP contribution < -0.4 is 5.32 Å². The zero-order chi connectivity index (χ0) is 11.9. The van der Waals surface area contributed by atoms with Crippen LogP contribution in [0.3, 0.4) is 0 Å². The van der Waals surface area contributed by atoms with Crippen LogP contribution in [0.1, 0.15) is 40.0 Å². The molecule has 0 aliphatic carbocycles. The van der Waals surface area contributed by atoms with Gasteiger partial charge in [0.1, 0.15) is 6.04 Å². The van der Waals surface area contributed by atoms with Crippen LogP contribution in [0.25, 0.3) is 0 Å². The molecule has 15 heavy (non-hydrogen) atoms. The number of rotatable bonds is 8. The van der Waals surface area contributed by atoms with Crippen molar-refractivity contribution in [1.82, 2.24) is 5.32 Å². The molecule has 0 spiro atoms. The quantitative estimate of drug-likeness (QED) is 0.572. The highest BCUT2D eigenvalue weighted by molar-refractivity contribution is 5.73. The maximum Gasteiger partial charge on any atom is 0.320 e. The first-order valence-electron chi connectivity index (χ1n) is 5.62. The van der Waals surface area contributed by atoms with Crippen molar-refractivity contribution in [2.24, 2.45) is 5.41 Å². The van der Waals surface area contributed by atoms with E-state index in [0.29, 0.717) is 13.0 Å². The van der Waals surface area contributed by atoms with Crippen LogP contribution in [0.2, 0.25) is 0 Å². The molecular formula is C11H23NO3. The maximum absolute atomic E-state index is 10.8. The van der Waals surface area contributed by atoms with Crippen LogP contribution in [0.15, 0.2) is 0 Å². The number of aliphatic carboxylic acids is 1. The summed E-state index contributed by atoms with van der Waals surface area (Å²) in [5.74, 6) is -0.823. The summed E-state index contributed by atoms with van der Waals surface area (Å²) < 4.78 is 0. The molecule has 0 heterocycles. The summed E-state index contributed by atoms with van der Waals surface area (Å²) in [6, 6.07) is -0.506. The van der Waals surface area contributed by atoms with Gasteiger partial charge in [-0.2, -0.15) is 0 Å². The predicted octanol–water partition coefficient (Wildman–Crippen LogP) is 1.24. The SMILES string of the molecule is CCC(NCC(CC)(CC)CO)C(=O)O. The third-order valence-electron chi connectivity index (χ3n) is 3.27. The van der Waals surface area contributed by atoms with Crippen molar-refractivity contribution in [3.05, 3.63) is 0 Å². The van der Waals surface area contributed by atoms with Gasteiger partial charge in [0, 0.05) is 18.6 Å². The van der Waals surface area contributed by atoms with Gasteiger partial charge in [0.2, 0.25) is 0 Å². The van der Waals surface area contributed by atoms with Crippen molar-refractivity contribution < 1.29 is 15.0 Å².